The molecule has 3 aromatic carbocycles. The maximum atomic E-state index is 12.0. The number of halogens is 2. The Kier molecular flexibility index (Phi) is 7.23. The molecule has 3 aromatic rings. The van der Waals surface area contributed by atoms with Crippen molar-refractivity contribution in [1.29, 1.82) is 0 Å². The largest absolute Gasteiger partial charge is 0.366 e. The third kappa shape index (κ3) is 4.48. The van der Waals surface area contributed by atoms with Crippen LogP contribution in [0.25, 0.3) is 0 Å². The molecule has 1 amide bonds. The Hall–Kier alpha value is -2.77. The van der Waals surface area contributed by atoms with E-state index in [4.69, 9.17) is 28.9 Å². The number of piperidine rings is 1. The molecule has 2 atom stereocenters. The summed E-state index contributed by atoms with van der Waals surface area (Å²) in [4.78, 5) is 19.6. The smallest absolute Gasteiger partial charge is 0.248 e. The number of fused-ring (bicyclic) bond motifs is 5. The molecule has 3 N–H and O–H groups in total. The van der Waals surface area contributed by atoms with E-state index in [1.54, 1.807) is 0 Å². The summed E-state index contributed by atoms with van der Waals surface area (Å²) in [5.41, 5.74) is 10.4. The molecule has 3 aliphatic rings. The molecule has 0 aliphatic carbocycles. The lowest BCUT2D eigenvalue weighted by molar-refractivity contribution is -0.00145. The molecule has 0 radical (unpaired) electrons. The average molecular weight is 565 g/mol. The fraction of sp³-hybridized carbons (Fsp3) is 0.387. The summed E-state index contributed by atoms with van der Waals surface area (Å²) in [6.07, 6.45) is 4.37. The van der Waals surface area contributed by atoms with E-state index in [0.29, 0.717) is 15.6 Å². The second-order valence-electron chi connectivity index (χ2n) is 10.8. The van der Waals surface area contributed by atoms with Crippen molar-refractivity contribution in [3.05, 3.63) is 93.5 Å². The molecule has 2 fully saturated rings. The van der Waals surface area contributed by atoms with Gasteiger partial charge in [-0.3, -0.25) is 15.0 Å². The number of nitrogens with zero attached hydrogens (tertiary/aromatic N) is 3. The van der Waals surface area contributed by atoms with E-state index in [0.717, 1.165) is 56.6 Å². The van der Waals surface area contributed by atoms with Crippen molar-refractivity contribution in [2.24, 2.45) is 5.73 Å². The normalized spacial score (nSPS) is 19.7. The number of carbonyl (C=O) groups excluding carboxylic acids is 1. The first-order valence-electron chi connectivity index (χ1n) is 13.9. The molecule has 6 rings (SSSR count). The van der Waals surface area contributed by atoms with Crippen LogP contribution in [0.1, 0.15) is 60.0 Å². The van der Waals surface area contributed by atoms with Crippen LogP contribution in [0, 0.1) is 0 Å². The quantitative estimate of drug-likeness (QED) is 0.344. The molecule has 2 saturated heterocycles. The zero-order valence-corrected chi connectivity index (χ0v) is 23.8. The average Bonchev–Trinajstić information content (AvgIpc) is 3.50. The van der Waals surface area contributed by atoms with E-state index >= 15 is 0 Å². The van der Waals surface area contributed by atoms with Gasteiger partial charge in [0.15, 0.2) is 6.29 Å². The monoisotopic (exact) mass is 563 g/mol. The van der Waals surface area contributed by atoms with Crippen LogP contribution in [-0.4, -0.2) is 43.3 Å². The molecule has 0 spiro atoms. The van der Waals surface area contributed by atoms with Gasteiger partial charge in [-0.1, -0.05) is 66.9 Å². The highest BCUT2D eigenvalue weighted by atomic mass is 35.5. The standard InChI is InChI=1S/C31H35Cl2N5O/c1-2-24(22-12-15-25(32)26(33)20-22)31(36-16-6-3-7-17-36,23-13-10-21(11-14-23)29(34)39)35-30-37-18-19-38(30)28-9-5-4-8-27(28)37/h4-5,8-15,20,24,30,35H,2-3,6-7,16-19H2,1H3,(H2,34,39). The Morgan fingerprint density at radius 3 is 2.13 bits per heavy atom. The predicted octanol–water partition coefficient (Wildman–Crippen LogP) is 6.14. The highest BCUT2D eigenvalue weighted by molar-refractivity contribution is 6.42. The van der Waals surface area contributed by atoms with E-state index < -0.39 is 11.6 Å². The molecular weight excluding hydrogens is 529 g/mol. The first kappa shape index (κ1) is 26.5. The Morgan fingerprint density at radius 1 is 0.923 bits per heavy atom. The second-order valence-corrected chi connectivity index (χ2v) is 11.6. The Labute approximate surface area is 240 Å². The number of likely N-dealkylation sites (tertiary alicyclic amines) is 1. The SMILES string of the molecule is CCC(c1ccc(Cl)c(Cl)c1)C(NC1N2CCN1c1ccccc12)(c1ccc(C(N)=O)cc1)N1CCCCC1. The van der Waals surface area contributed by atoms with E-state index in [-0.39, 0.29) is 12.2 Å². The van der Waals surface area contributed by atoms with Crippen molar-refractivity contribution in [3.63, 3.8) is 0 Å². The summed E-state index contributed by atoms with van der Waals surface area (Å²) in [6, 6.07) is 22.6. The van der Waals surface area contributed by atoms with E-state index in [9.17, 15) is 4.79 Å². The van der Waals surface area contributed by atoms with Crippen LogP contribution >= 0.6 is 23.2 Å². The predicted molar refractivity (Wildman–Crippen MR) is 160 cm³/mol. The van der Waals surface area contributed by atoms with Gasteiger partial charge < -0.3 is 15.5 Å². The summed E-state index contributed by atoms with van der Waals surface area (Å²) in [7, 11) is 0. The molecule has 6 nitrogen and oxygen atoms in total. The molecule has 39 heavy (non-hydrogen) atoms. The maximum absolute atomic E-state index is 12.0. The van der Waals surface area contributed by atoms with Gasteiger partial charge in [-0.2, -0.15) is 0 Å². The van der Waals surface area contributed by atoms with Gasteiger partial charge in [-0.05, 0) is 66.8 Å². The zero-order chi connectivity index (χ0) is 27.1. The van der Waals surface area contributed by atoms with E-state index in [1.165, 1.54) is 17.8 Å². The third-order valence-electron chi connectivity index (χ3n) is 8.74. The van der Waals surface area contributed by atoms with Gasteiger partial charge in [-0.25, -0.2) is 0 Å². The minimum absolute atomic E-state index is 0.00281. The number of hydrogen-bond acceptors (Lipinski definition) is 5. The number of nitrogens with two attached hydrogens (primary N) is 1. The fourth-order valence-corrected chi connectivity index (χ4v) is 7.26. The minimum atomic E-state index is -0.573. The van der Waals surface area contributed by atoms with Crippen molar-refractivity contribution >= 4 is 40.5 Å². The molecule has 3 heterocycles. The van der Waals surface area contributed by atoms with Crippen LogP contribution in [0.15, 0.2) is 66.7 Å². The lowest BCUT2D eigenvalue weighted by atomic mass is 9.77. The van der Waals surface area contributed by atoms with Gasteiger partial charge in [0.2, 0.25) is 5.91 Å². The lowest BCUT2D eigenvalue weighted by Gasteiger charge is -2.53. The number of hydrogen-bond donors (Lipinski definition) is 2. The van der Waals surface area contributed by atoms with Gasteiger partial charge in [-0.15, -0.1) is 0 Å². The maximum Gasteiger partial charge on any atom is 0.248 e. The van der Waals surface area contributed by atoms with Crippen molar-refractivity contribution < 1.29 is 4.79 Å². The first-order valence-corrected chi connectivity index (χ1v) is 14.7. The fourth-order valence-electron chi connectivity index (χ4n) is 6.95. The minimum Gasteiger partial charge on any atom is -0.366 e. The number of carbonyl (C=O) groups is 1. The molecule has 3 aliphatic heterocycles. The number of primary amides is 1. The van der Waals surface area contributed by atoms with Gasteiger partial charge >= 0.3 is 0 Å². The Balaban J connectivity index is 1.53. The number of anilines is 2. The van der Waals surface area contributed by atoms with Crippen LogP contribution < -0.4 is 20.9 Å². The van der Waals surface area contributed by atoms with E-state index in [2.05, 4.69) is 69.4 Å². The second kappa shape index (κ2) is 10.7. The highest BCUT2D eigenvalue weighted by Crippen LogP contribution is 2.48. The van der Waals surface area contributed by atoms with Gasteiger partial charge in [0.05, 0.1) is 21.4 Å². The number of benzene rings is 3. The topological polar surface area (TPSA) is 64.8 Å². The van der Waals surface area contributed by atoms with Crippen LogP contribution in [0.5, 0.6) is 0 Å². The number of nitrogens with one attached hydrogen (secondary N) is 1. The van der Waals surface area contributed by atoms with Crippen molar-refractivity contribution in [2.45, 2.75) is 50.5 Å². The lowest BCUT2D eigenvalue weighted by Crippen LogP contribution is -2.66. The molecular formula is C31H35Cl2N5O. The van der Waals surface area contributed by atoms with Crippen LogP contribution in [0.2, 0.25) is 10.0 Å². The summed E-state index contributed by atoms with van der Waals surface area (Å²) >= 11 is 13.0. The summed E-state index contributed by atoms with van der Waals surface area (Å²) in [5.74, 6) is -0.369. The van der Waals surface area contributed by atoms with Gasteiger partial charge in [0, 0.05) is 37.7 Å². The van der Waals surface area contributed by atoms with Crippen LogP contribution in [-0.2, 0) is 5.66 Å². The van der Waals surface area contributed by atoms with Crippen LogP contribution in [0.3, 0.4) is 0 Å². The summed E-state index contributed by atoms with van der Waals surface area (Å²) < 4.78 is 0. The summed E-state index contributed by atoms with van der Waals surface area (Å²) in [6.45, 7) is 6.12. The summed E-state index contributed by atoms with van der Waals surface area (Å²) in [5, 5.41) is 5.36. The van der Waals surface area contributed by atoms with Crippen molar-refractivity contribution in [2.75, 3.05) is 36.0 Å². The number of rotatable bonds is 8. The number of para-hydroxylation sites is 2. The first-order chi connectivity index (χ1) is 18.9. The molecule has 0 saturated carbocycles. The van der Waals surface area contributed by atoms with E-state index in [1.807, 2.05) is 24.3 Å². The van der Waals surface area contributed by atoms with Gasteiger partial charge in [0.25, 0.3) is 0 Å². The molecule has 2 unspecified atom stereocenters. The zero-order valence-electron chi connectivity index (χ0n) is 22.2. The molecule has 204 valence electrons. The number of amides is 1. The van der Waals surface area contributed by atoms with Gasteiger partial charge in [0.1, 0.15) is 5.66 Å². The molecule has 0 aromatic heterocycles. The highest BCUT2D eigenvalue weighted by Gasteiger charge is 2.51. The Morgan fingerprint density at radius 2 is 1.56 bits per heavy atom. The van der Waals surface area contributed by atoms with Crippen molar-refractivity contribution in [3.8, 4) is 0 Å². The Bertz CT molecular complexity index is 1330. The van der Waals surface area contributed by atoms with Crippen molar-refractivity contribution in [1.82, 2.24) is 10.2 Å². The molecule has 2 bridgehead atoms. The third-order valence-corrected chi connectivity index (χ3v) is 9.48. The van der Waals surface area contributed by atoms with Crippen LogP contribution in [0.4, 0.5) is 11.4 Å². The molecule has 8 heteroatoms.